The number of hydrogen-bond acceptors (Lipinski definition) is 3. The zero-order chi connectivity index (χ0) is 17.6. The number of rotatable bonds is 6. The van der Waals surface area contributed by atoms with Crippen LogP contribution in [0.5, 0.6) is 0 Å². The molecule has 2 N–H and O–H groups in total. The lowest BCUT2D eigenvalue weighted by Gasteiger charge is -2.22. The van der Waals surface area contributed by atoms with E-state index in [1.165, 1.54) is 12.5 Å². The van der Waals surface area contributed by atoms with E-state index < -0.39 is 18.6 Å². The predicted molar refractivity (Wildman–Crippen MR) is 80.2 cm³/mol. The van der Waals surface area contributed by atoms with Crippen LogP contribution in [-0.4, -0.2) is 40.4 Å². The third-order valence-electron chi connectivity index (χ3n) is 3.89. The maximum atomic E-state index is 12.4. The van der Waals surface area contributed by atoms with E-state index in [4.69, 9.17) is 0 Å². The lowest BCUT2D eigenvalue weighted by molar-refractivity contribution is -0.142. The van der Waals surface area contributed by atoms with E-state index in [1.807, 2.05) is 0 Å². The van der Waals surface area contributed by atoms with Crippen molar-refractivity contribution in [3.63, 3.8) is 0 Å². The molecule has 1 aliphatic rings. The first-order chi connectivity index (χ1) is 11.3. The largest absolute Gasteiger partial charge is 0.408 e. The second-order valence-electron chi connectivity index (χ2n) is 5.90. The van der Waals surface area contributed by atoms with Gasteiger partial charge in [0.2, 0.25) is 5.91 Å². The maximum absolute atomic E-state index is 12.4. The van der Waals surface area contributed by atoms with Gasteiger partial charge in [-0.25, -0.2) is 0 Å². The van der Waals surface area contributed by atoms with Gasteiger partial charge in [0.1, 0.15) is 12.2 Å². The number of hydrogen-bond donors (Lipinski definition) is 2. The number of nitrogens with one attached hydrogen (secondary N) is 2. The number of carbonyl (C=O) groups is 2. The Morgan fingerprint density at radius 2 is 1.96 bits per heavy atom. The van der Waals surface area contributed by atoms with E-state index in [-0.39, 0.29) is 30.6 Å². The molecule has 134 valence electrons. The van der Waals surface area contributed by atoms with Gasteiger partial charge in [-0.2, -0.15) is 18.3 Å². The van der Waals surface area contributed by atoms with Gasteiger partial charge in [-0.05, 0) is 18.9 Å². The van der Waals surface area contributed by atoms with Crippen LogP contribution in [0.25, 0.3) is 0 Å². The molecule has 0 spiro atoms. The molecule has 0 aliphatic heterocycles. The summed E-state index contributed by atoms with van der Waals surface area (Å²) in [6, 6.07) is 1.40. The fourth-order valence-corrected chi connectivity index (χ4v) is 2.75. The standard InChI is InChI=1S/C15H21F3N4O2/c16-15(17,18)10-22-12(6-9-20-22)14(24)19-8-7-13(23)21-11-4-2-1-3-5-11/h6,9,11H,1-5,7-8,10H2,(H,19,24)(H,21,23). The Morgan fingerprint density at radius 3 is 2.62 bits per heavy atom. The first-order valence-electron chi connectivity index (χ1n) is 8.01. The molecule has 2 amide bonds. The summed E-state index contributed by atoms with van der Waals surface area (Å²) < 4.78 is 37.8. The molecule has 0 aromatic carbocycles. The Labute approximate surface area is 137 Å². The van der Waals surface area contributed by atoms with Crippen LogP contribution in [0.2, 0.25) is 0 Å². The molecule has 1 heterocycles. The molecule has 1 fully saturated rings. The van der Waals surface area contributed by atoms with Crippen LogP contribution in [0, 0.1) is 0 Å². The zero-order valence-electron chi connectivity index (χ0n) is 13.2. The average molecular weight is 346 g/mol. The highest BCUT2D eigenvalue weighted by Crippen LogP contribution is 2.18. The lowest BCUT2D eigenvalue weighted by atomic mass is 9.95. The molecule has 9 heteroatoms. The summed E-state index contributed by atoms with van der Waals surface area (Å²) in [4.78, 5) is 23.7. The van der Waals surface area contributed by atoms with E-state index in [0.29, 0.717) is 4.68 Å². The smallest absolute Gasteiger partial charge is 0.353 e. The molecule has 1 aromatic rings. The SMILES string of the molecule is O=C(CCNC(=O)c1ccnn1CC(F)(F)F)NC1CCCCC1. The Bertz CT molecular complexity index is 565. The van der Waals surface area contributed by atoms with Gasteiger partial charge in [0.25, 0.3) is 5.91 Å². The summed E-state index contributed by atoms with van der Waals surface area (Å²) in [7, 11) is 0. The van der Waals surface area contributed by atoms with Crippen molar-refractivity contribution in [2.75, 3.05) is 6.54 Å². The van der Waals surface area contributed by atoms with Crippen LogP contribution in [-0.2, 0) is 11.3 Å². The monoisotopic (exact) mass is 346 g/mol. The highest BCUT2D eigenvalue weighted by atomic mass is 19.4. The van der Waals surface area contributed by atoms with Crippen LogP contribution in [0.1, 0.15) is 49.0 Å². The van der Waals surface area contributed by atoms with Crippen molar-refractivity contribution in [1.82, 2.24) is 20.4 Å². The molecule has 2 rings (SSSR count). The van der Waals surface area contributed by atoms with Crippen LogP contribution in [0.4, 0.5) is 13.2 Å². The number of carbonyl (C=O) groups excluding carboxylic acids is 2. The van der Waals surface area contributed by atoms with Crippen molar-refractivity contribution in [2.24, 2.45) is 0 Å². The number of aromatic nitrogens is 2. The third kappa shape index (κ3) is 5.86. The summed E-state index contributed by atoms with van der Waals surface area (Å²) in [5.74, 6) is -0.840. The summed E-state index contributed by atoms with van der Waals surface area (Å²) in [5.41, 5.74) is -0.181. The molecule has 1 saturated carbocycles. The first kappa shape index (κ1) is 18.3. The molecular formula is C15H21F3N4O2. The van der Waals surface area contributed by atoms with Gasteiger partial charge in [-0.3, -0.25) is 14.3 Å². The van der Waals surface area contributed by atoms with Crippen molar-refractivity contribution < 1.29 is 22.8 Å². The number of alkyl halides is 3. The molecular weight excluding hydrogens is 325 g/mol. The first-order valence-corrected chi connectivity index (χ1v) is 8.01. The van der Waals surface area contributed by atoms with Gasteiger partial charge >= 0.3 is 6.18 Å². The second-order valence-corrected chi connectivity index (χ2v) is 5.90. The second kappa shape index (κ2) is 8.16. The molecule has 0 radical (unpaired) electrons. The van der Waals surface area contributed by atoms with E-state index in [9.17, 15) is 22.8 Å². The molecule has 0 unspecified atom stereocenters. The highest BCUT2D eigenvalue weighted by Gasteiger charge is 2.30. The van der Waals surface area contributed by atoms with E-state index >= 15 is 0 Å². The summed E-state index contributed by atoms with van der Waals surface area (Å²) in [6.45, 7) is -1.26. The van der Waals surface area contributed by atoms with Crippen molar-refractivity contribution in [3.8, 4) is 0 Å². The van der Waals surface area contributed by atoms with Crippen LogP contribution in [0.3, 0.4) is 0 Å². The van der Waals surface area contributed by atoms with Gasteiger partial charge in [0.15, 0.2) is 0 Å². The van der Waals surface area contributed by atoms with Crippen LogP contribution >= 0.6 is 0 Å². The summed E-state index contributed by atoms with van der Waals surface area (Å²) in [5, 5.41) is 8.86. The number of halogens is 3. The van der Waals surface area contributed by atoms with Gasteiger partial charge < -0.3 is 10.6 Å². The minimum atomic E-state index is -4.46. The molecule has 0 saturated heterocycles. The van der Waals surface area contributed by atoms with Crippen LogP contribution in [0.15, 0.2) is 12.3 Å². The van der Waals surface area contributed by atoms with Crippen molar-refractivity contribution in [3.05, 3.63) is 18.0 Å². The Hall–Kier alpha value is -2.06. The van der Waals surface area contributed by atoms with Crippen molar-refractivity contribution in [1.29, 1.82) is 0 Å². The van der Waals surface area contributed by atoms with Gasteiger partial charge in [0, 0.05) is 25.2 Å². The number of amides is 2. The average Bonchev–Trinajstić information content (AvgIpc) is 2.94. The van der Waals surface area contributed by atoms with E-state index in [0.717, 1.165) is 31.9 Å². The number of nitrogens with zero attached hydrogens (tertiary/aromatic N) is 2. The van der Waals surface area contributed by atoms with Gasteiger partial charge in [-0.15, -0.1) is 0 Å². The van der Waals surface area contributed by atoms with Gasteiger partial charge in [0.05, 0.1) is 0 Å². The summed E-state index contributed by atoms with van der Waals surface area (Å²) in [6.07, 6.45) is 2.10. The minimum absolute atomic E-state index is 0.0641. The fraction of sp³-hybridized carbons (Fsp3) is 0.667. The minimum Gasteiger partial charge on any atom is -0.353 e. The summed E-state index contributed by atoms with van der Waals surface area (Å²) >= 11 is 0. The van der Waals surface area contributed by atoms with Crippen molar-refractivity contribution in [2.45, 2.75) is 57.3 Å². The van der Waals surface area contributed by atoms with Gasteiger partial charge in [-0.1, -0.05) is 19.3 Å². The molecule has 1 aliphatic carbocycles. The highest BCUT2D eigenvalue weighted by molar-refractivity contribution is 5.92. The molecule has 24 heavy (non-hydrogen) atoms. The lowest BCUT2D eigenvalue weighted by Crippen LogP contribution is -2.38. The van der Waals surface area contributed by atoms with Crippen LogP contribution < -0.4 is 10.6 Å². The molecule has 6 nitrogen and oxygen atoms in total. The Kier molecular flexibility index (Phi) is 6.22. The third-order valence-corrected chi connectivity index (χ3v) is 3.89. The van der Waals surface area contributed by atoms with E-state index in [1.54, 1.807) is 0 Å². The van der Waals surface area contributed by atoms with Crippen molar-refractivity contribution >= 4 is 11.8 Å². The zero-order valence-corrected chi connectivity index (χ0v) is 13.2. The molecule has 0 bridgehead atoms. The topological polar surface area (TPSA) is 76.0 Å². The molecule has 0 atom stereocenters. The Morgan fingerprint density at radius 1 is 1.25 bits per heavy atom. The quantitative estimate of drug-likeness (QED) is 0.827. The predicted octanol–water partition coefficient (Wildman–Crippen LogP) is 2.01. The normalized spacial score (nSPS) is 16.0. The Balaban J connectivity index is 1.75. The molecule has 1 aromatic heterocycles. The maximum Gasteiger partial charge on any atom is 0.408 e. The fourth-order valence-electron chi connectivity index (χ4n) is 2.75. The van der Waals surface area contributed by atoms with E-state index in [2.05, 4.69) is 15.7 Å².